The van der Waals surface area contributed by atoms with Crippen LogP contribution >= 0.6 is 23.1 Å². The zero-order valence-electron chi connectivity index (χ0n) is 15.8. The highest BCUT2D eigenvalue weighted by atomic mass is 32.2. The lowest BCUT2D eigenvalue weighted by Crippen LogP contribution is -2.23. The Bertz CT molecular complexity index is 1090. The second-order valence-electron chi connectivity index (χ2n) is 6.28. The number of nitrogens with zero attached hydrogens (tertiary/aromatic N) is 4. The maximum absolute atomic E-state index is 12.3. The summed E-state index contributed by atoms with van der Waals surface area (Å²) in [6.45, 7) is 2.42. The van der Waals surface area contributed by atoms with Gasteiger partial charge >= 0.3 is 0 Å². The van der Waals surface area contributed by atoms with Crippen molar-refractivity contribution in [2.45, 2.75) is 24.4 Å². The molecule has 4 aromatic rings. The molecule has 0 aliphatic carbocycles. The number of aromatic nitrogens is 4. The molecule has 4 rings (SSSR count). The van der Waals surface area contributed by atoms with Crippen molar-refractivity contribution in [1.29, 1.82) is 0 Å². The average Bonchev–Trinajstić information content (AvgIpc) is 3.38. The molecule has 0 atom stereocenters. The van der Waals surface area contributed by atoms with Crippen LogP contribution in [0.3, 0.4) is 0 Å². The molecule has 0 saturated heterocycles. The van der Waals surface area contributed by atoms with Crippen molar-refractivity contribution < 1.29 is 4.79 Å². The van der Waals surface area contributed by atoms with Crippen LogP contribution in [0.15, 0.2) is 71.2 Å². The highest BCUT2D eigenvalue weighted by Crippen LogP contribution is 2.26. The van der Waals surface area contributed by atoms with Crippen LogP contribution in [-0.4, -0.2) is 25.7 Å². The van der Waals surface area contributed by atoms with Gasteiger partial charge in [0.2, 0.25) is 0 Å². The molecule has 0 bridgehead atoms. The van der Waals surface area contributed by atoms with Crippen molar-refractivity contribution in [3.05, 3.63) is 88.1 Å². The number of nitrogens with one attached hydrogen (secondary N) is 1. The molecule has 2 aromatic heterocycles. The van der Waals surface area contributed by atoms with Crippen molar-refractivity contribution in [2.24, 2.45) is 0 Å². The van der Waals surface area contributed by atoms with E-state index in [0.29, 0.717) is 18.0 Å². The van der Waals surface area contributed by atoms with E-state index in [4.69, 9.17) is 0 Å². The van der Waals surface area contributed by atoms with Gasteiger partial charge in [-0.15, -0.1) is 21.5 Å². The monoisotopic (exact) mass is 421 g/mol. The summed E-state index contributed by atoms with van der Waals surface area (Å²) < 4.78 is 2.02. The smallest absolute Gasteiger partial charge is 0.271 e. The first-order valence-corrected chi connectivity index (χ1v) is 10.9. The summed E-state index contributed by atoms with van der Waals surface area (Å²) in [6.07, 6.45) is 0. The molecule has 0 saturated carbocycles. The quantitative estimate of drug-likeness (QED) is 0.452. The molecule has 0 aliphatic heterocycles. The Morgan fingerprint density at radius 1 is 1.07 bits per heavy atom. The fourth-order valence-electron chi connectivity index (χ4n) is 2.79. The van der Waals surface area contributed by atoms with Gasteiger partial charge in [-0.3, -0.25) is 9.36 Å². The van der Waals surface area contributed by atoms with Crippen molar-refractivity contribution in [3.8, 4) is 5.69 Å². The first-order chi connectivity index (χ1) is 14.2. The predicted molar refractivity (Wildman–Crippen MR) is 115 cm³/mol. The van der Waals surface area contributed by atoms with E-state index in [1.807, 2.05) is 72.2 Å². The Morgan fingerprint density at radius 2 is 1.79 bits per heavy atom. The number of thioether (sulfide) groups is 1. The Morgan fingerprint density at radius 3 is 2.55 bits per heavy atom. The van der Waals surface area contributed by atoms with Gasteiger partial charge in [-0.05, 0) is 24.6 Å². The zero-order valence-corrected chi connectivity index (χ0v) is 17.4. The van der Waals surface area contributed by atoms with Gasteiger partial charge in [-0.2, -0.15) is 0 Å². The molecule has 0 aliphatic rings. The van der Waals surface area contributed by atoms with E-state index in [1.165, 1.54) is 11.3 Å². The lowest BCUT2D eigenvalue weighted by Gasteiger charge is -2.07. The first-order valence-electron chi connectivity index (χ1n) is 9.07. The largest absolute Gasteiger partial charge is 0.347 e. The van der Waals surface area contributed by atoms with Crippen molar-refractivity contribution in [2.75, 3.05) is 0 Å². The van der Waals surface area contributed by atoms with Crippen LogP contribution in [-0.2, 0) is 12.3 Å². The Hall–Kier alpha value is -2.97. The summed E-state index contributed by atoms with van der Waals surface area (Å²) in [7, 11) is 0. The maximum Gasteiger partial charge on any atom is 0.271 e. The zero-order chi connectivity index (χ0) is 20.1. The molecule has 0 spiro atoms. The van der Waals surface area contributed by atoms with E-state index in [-0.39, 0.29) is 5.91 Å². The lowest BCUT2D eigenvalue weighted by atomic mass is 10.2. The standard InChI is InChI=1S/C21H19N5OS2/c1-15-24-25-21(26(15)17-10-6-3-7-11-17)29-14-19-23-18(13-28-19)20(27)22-12-16-8-4-2-5-9-16/h2-11,13H,12,14H2,1H3,(H,22,27). The number of benzene rings is 2. The molecule has 2 aromatic carbocycles. The molecular weight excluding hydrogens is 402 g/mol. The minimum absolute atomic E-state index is 0.162. The fraction of sp³-hybridized carbons (Fsp3) is 0.143. The molecule has 2 heterocycles. The van der Waals surface area contributed by atoms with Gasteiger partial charge in [0, 0.05) is 17.6 Å². The minimum atomic E-state index is -0.162. The molecule has 0 unspecified atom stereocenters. The second-order valence-corrected chi connectivity index (χ2v) is 8.17. The number of aryl methyl sites for hydroxylation is 1. The molecule has 0 fully saturated rings. The number of hydrogen-bond acceptors (Lipinski definition) is 6. The SMILES string of the molecule is Cc1nnc(SCc2nc(C(=O)NCc3ccccc3)cs2)n1-c1ccccc1. The first kappa shape index (κ1) is 19.4. The molecule has 8 heteroatoms. The molecule has 29 heavy (non-hydrogen) atoms. The van der Waals surface area contributed by atoms with Crippen molar-refractivity contribution in [3.63, 3.8) is 0 Å². The van der Waals surface area contributed by atoms with Crippen LogP contribution < -0.4 is 5.32 Å². The third-order valence-corrected chi connectivity index (χ3v) is 6.19. The molecule has 0 radical (unpaired) electrons. The molecule has 146 valence electrons. The summed E-state index contributed by atoms with van der Waals surface area (Å²) in [4.78, 5) is 16.8. The Kier molecular flexibility index (Phi) is 6.02. The molecule has 6 nitrogen and oxygen atoms in total. The second kappa shape index (κ2) is 9.02. The molecule has 1 N–H and O–H groups in total. The van der Waals surface area contributed by atoms with Crippen LogP contribution in [0.2, 0.25) is 0 Å². The van der Waals surface area contributed by atoms with Crippen LogP contribution in [0.4, 0.5) is 0 Å². The van der Waals surface area contributed by atoms with Gasteiger partial charge in [0.25, 0.3) is 5.91 Å². The van der Waals surface area contributed by atoms with Gasteiger partial charge in [-0.25, -0.2) is 4.98 Å². The van der Waals surface area contributed by atoms with Gasteiger partial charge in [0.05, 0.1) is 5.75 Å². The third kappa shape index (κ3) is 4.72. The van der Waals surface area contributed by atoms with Crippen molar-refractivity contribution in [1.82, 2.24) is 25.1 Å². The summed E-state index contributed by atoms with van der Waals surface area (Å²) in [5, 5.41) is 14.9. The lowest BCUT2D eigenvalue weighted by molar-refractivity contribution is 0.0946. The Balaban J connectivity index is 1.38. The van der Waals surface area contributed by atoms with Crippen LogP contribution in [0.1, 0.15) is 26.9 Å². The molecular formula is C21H19N5OS2. The number of hydrogen-bond donors (Lipinski definition) is 1. The van der Waals surface area contributed by atoms with Crippen molar-refractivity contribution >= 4 is 29.0 Å². The number of para-hydroxylation sites is 1. The number of rotatable bonds is 7. The van der Waals surface area contributed by atoms with E-state index >= 15 is 0 Å². The average molecular weight is 422 g/mol. The number of carbonyl (C=O) groups excluding carboxylic acids is 1. The highest BCUT2D eigenvalue weighted by molar-refractivity contribution is 7.98. The van der Waals surface area contributed by atoms with E-state index < -0.39 is 0 Å². The highest BCUT2D eigenvalue weighted by Gasteiger charge is 2.14. The summed E-state index contributed by atoms with van der Waals surface area (Å²) >= 11 is 3.03. The van der Waals surface area contributed by atoms with Crippen LogP contribution in [0, 0.1) is 6.92 Å². The van der Waals surface area contributed by atoms with Gasteiger partial charge < -0.3 is 5.32 Å². The molecule has 1 amide bonds. The van der Waals surface area contributed by atoms with E-state index in [0.717, 1.165) is 27.2 Å². The van der Waals surface area contributed by atoms with Gasteiger partial charge in [-0.1, -0.05) is 60.3 Å². The third-order valence-electron chi connectivity index (χ3n) is 4.21. The maximum atomic E-state index is 12.3. The summed E-state index contributed by atoms with van der Waals surface area (Å²) in [5.41, 5.74) is 2.53. The van der Waals surface area contributed by atoms with Gasteiger partial charge in [0.1, 0.15) is 16.5 Å². The van der Waals surface area contributed by atoms with Crippen LogP contribution in [0.25, 0.3) is 5.69 Å². The summed E-state index contributed by atoms with van der Waals surface area (Å²) in [5.74, 6) is 1.30. The minimum Gasteiger partial charge on any atom is -0.347 e. The van der Waals surface area contributed by atoms with E-state index in [9.17, 15) is 4.79 Å². The number of carbonyl (C=O) groups is 1. The van der Waals surface area contributed by atoms with Gasteiger partial charge in [0.15, 0.2) is 5.16 Å². The fourth-order valence-corrected chi connectivity index (χ4v) is 4.58. The van der Waals surface area contributed by atoms with E-state index in [2.05, 4.69) is 20.5 Å². The normalized spacial score (nSPS) is 10.8. The number of thiazole rings is 1. The Labute approximate surface area is 177 Å². The van der Waals surface area contributed by atoms with Crippen LogP contribution in [0.5, 0.6) is 0 Å². The topological polar surface area (TPSA) is 72.7 Å². The van der Waals surface area contributed by atoms with E-state index in [1.54, 1.807) is 17.1 Å². The summed E-state index contributed by atoms with van der Waals surface area (Å²) in [6, 6.07) is 19.8. The number of amides is 1. The predicted octanol–water partition coefficient (Wildman–Crippen LogP) is 4.25.